The van der Waals surface area contributed by atoms with E-state index in [0.29, 0.717) is 35.4 Å². The predicted octanol–water partition coefficient (Wildman–Crippen LogP) is 5.09. The van der Waals surface area contributed by atoms with Crippen LogP contribution in [0.1, 0.15) is 50.8 Å². The summed E-state index contributed by atoms with van der Waals surface area (Å²) >= 11 is 0. The van der Waals surface area contributed by atoms with Crippen molar-refractivity contribution < 1.29 is 23.8 Å². The molecule has 1 N–H and O–H groups in total. The molecule has 1 aliphatic rings. The van der Waals surface area contributed by atoms with E-state index in [9.17, 15) is 19.5 Å². The molecule has 1 amide bonds. The van der Waals surface area contributed by atoms with Gasteiger partial charge in [-0.25, -0.2) is 9.18 Å². The summed E-state index contributed by atoms with van der Waals surface area (Å²) in [5.41, 5.74) is 0.833. The summed E-state index contributed by atoms with van der Waals surface area (Å²) in [6, 6.07) is 19.3. The number of amides is 1. The van der Waals surface area contributed by atoms with E-state index in [1.165, 1.54) is 12.1 Å². The van der Waals surface area contributed by atoms with E-state index in [2.05, 4.69) is 0 Å². The smallest absolute Gasteiger partial charge is 0.411 e. The van der Waals surface area contributed by atoms with Crippen LogP contribution in [0.3, 0.4) is 0 Å². The van der Waals surface area contributed by atoms with E-state index < -0.39 is 23.1 Å². The fourth-order valence-electron chi connectivity index (χ4n) is 4.68. The van der Waals surface area contributed by atoms with Crippen molar-refractivity contribution in [2.45, 2.75) is 50.9 Å². The number of aromatic nitrogens is 1. The highest BCUT2D eigenvalue weighted by atomic mass is 19.1. The highest BCUT2D eigenvalue weighted by Gasteiger charge is 2.46. The topological polar surface area (TPSA) is 76.7 Å². The van der Waals surface area contributed by atoms with Gasteiger partial charge in [0.05, 0.1) is 11.6 Å². The fraction of sp³-hybridized carbons (Fsp3) is 0.333. The minimum atomic E-state index is -1.02. The summed E-state index contributed by atoms with van der Waals surface area (Å²) in [6.45, 7) is 5.82. The van der Waals surface area contributed by atoms with E-state index in [4.69, 9.17) is 4.74 Å². The number of cyclic esters (lactones) is 1. The average Bonchev–Trinajstić information content (AvgIpc) is 2.78. The maximum atomic E-state index is 13.2. The summed E-state index contributed by atoms with van der Waals surface area (Å²) in [4.78, 5) is 14.9. The highest BCUT2D eigenvalue weighted by Crippen LogP contribution is 2.42. The van der Waals surface area contributed by atoms with Crippen molar-refractivity contribution in [3.05, 3.63) is 95.1 Å². The lowest BCUT2D eigenvalue weighted by Gasteiger charge is -2.45. The van der Waals surface area contributed by atoms with Crippen molar-refractivity contribution in [1.29, 1.82) is 0 Å². The highest BCUT2D eigenvalue weighted by molar-refractivity contribution is 5.70. The van der Waals surface area contributed by atoms with Crippen molar-refractivity contribution in [1.82, 2.24) is 4.90 Å². The molecular formula is C27H29FN2O4. The first kappa shape index (κ1) is 23.7. The Morgan fingerprint density at radius 2 is 1.82 bits per heavy atom. The molecule has 34 heavy (non-hydrogen) atoms. The Morgan fingerprint density at radius 3 is 2.41 bits per heavy atom. The second-order valence-electron chi connectivity index (χ2n) is 9.52. The van der Waals surface area contributed by atoms with Crippen LogP contribution in [0, 0.1) is 11.0 Å². The first-order valence-corrected chi connectivity index (χ1v) is 11.3. The molecule has 0 unspecified atom stereocenters. The van der Waals surface area contributed by atoms with Crippen LogP contribution in [0.2, 0.25) is 0 Å². The monoisotopic (exact) mass is 464 g/mol. The molecule has 0 spiro atoms. The van der Waals surface area contributed by atoms with E-state index in [1.54, 1.807) is 30.9 Å². The standard InChI is InChI=1S/C27H29FN2O4/c1-19(20-9-11-21(12-10-20)24-14-13-23(28)17-30(24)33)29-16-15-27(34-25(29)31,18-26(2,3)32)22-7-5-4-6-8-22/h4-14,17,19,32H,15-16,18H2,1-3H3/t19-,27-/m0/s1. The van der Waals surface area contributed by atoms with Crippen LogP contribution in [-0.4, -0.2) is 28.2 Å². The molecule has 6 nitrogen and oxygen atoms in total. The lowest BCUT2D eigenvalue weighted by molar-refractivity contribution is -0.595. The molecule has 0 radical (unpaired) electrons. The van der Waals surface area contributed by atoms with Crippen molar-refractivity contribution >= 4 is 6.09 Å². The van der Waals surface area contributed by atoms with Gasteiger partial charge in [-0.2, -0.15) is 4.73 Å². The summed E-state index contributed by atoms with van der Waals surface area (Å²) < 4.78 is 19.8. The quantitative estimate of drug-likeness (QED) is 0.407. The SMILES string of the molecule is C[C@@H](c1ccc(-c2ccc(F)c[n+]2[O-])cc1)N1CC[C@](CC(C)(C)O)(c2ccccc2)OC1=O. The third-order valence-corrected chi connectivity index (χ3v) is 6.33. The molecule has 0 aliphatic carbocycles. The minimum Gasteiger partial charge on any atom is -0.618 e. The molecule has 1 aliphatic heterocycles. The van der Waals surface area contributed by atoms with Crippen LogP contribution >= 0.6 is 0 Å². The molecule has 178 valence electrons. The maximum absolute atomic E-state index is 13.2. The molecule has 2 heterocycles. The van der Waals surface area contributed by atoms with Gasteiger partial charge < -0.3 is 20.0 Å². The van der Waals surface area contributed by atoms with E-state index in [1.807, 2.05) is 49.4 Å². The van der Waals surface area contributed by atoms with Gasteiger partial charge in [0.1, 0.15) is 5.60 Å². The molecule has 2 aromatic carbocycles. The van der Waals surface area contributed by atoms with Crippen molar-refractivity contribution in [3.8, 4) is 11.3 Å². The zero-order valence-corrected chi connectivity index (χ0v) is 19.6. The first-order chi connectivity index (χ1) is 16.1. The lowest BCUT2D eigenvalue weighted by atomic mass is 9.80. The average molecular weight is 465 g/mol. The van der Waals surface area contributed by atoms with Crippen molar-refractivity contribution in [2.24, 2.45) is 0 Å². The Kier molecular flexibility index (Phi) is 6.32. The number of halogens is 1. The molecular weight excluding hydrogens is 435 g/mol. The number of carbonyl (C=O) groups is 1. The molecule has 3 aromatic rings. The Bertz CT molecular complexity index is 1160. The van der Waals surface area contributed by atoms with Crippen LogP contribution in [-0.2, 0) is 10.3 Å². The van der Waals surface area contributed by atoms with Crippen LogP contribution in [0.15, 0.2) is 72.9 Å². The molecule has 0 bridgehead atoms. The number of benzene rings is 2. The van der Waals surface area contributed by atoms with Gasteiger partial charge in [-0.05, 0) is 50.1 Å². The Hall–Kier alpha value is -3.45. The minimum absolute atomic E-state index is 0.259. The number of hydrogen-bond donors (Lipinski definition) is 1. The molecule has 1 saturated heterocycles. The number of aliphatic hydroxyl groups is 1. The maximum Gasteiger partial charge on any atom is 0.411 e. The number of rotatable bonds is 6. The molecule has 4 rings (SSSR count). The molecule has 1 fully saturated rings. The van der Waals surface area contributed by atoms with Crippen LogP contribution < -0.4 is 4.73 Å². The van der Waals surface area contributed by atoms with Gasteiger partial charge in [0.15, 0.2) is 5.82 Å². The Morgan fingerprint density at radius 1 is 1.15 bits per heavy atom. The second-order valence-corrected chi connectivity index (χ2v) is 9.52. The van der Waals surface area contributed by atoms with Gasteiger partial charge in [0.25, 0.3) is 0 Å². The van der Waals surface area contributed by atoms with Crippen LogP contribution in [0.25, 0.3) is 11.3 Å². The molecule has 7 heteroatoms. The number of nitrogens with zero attached hydrogens (tertiary/aromatic N) is 2. The lowest BCUT2D eigenvalue weighted by Crippen LogP contribution is -2.51. The number of ether oxygens (including phenoxy) is 1. The van der Waals surface area contributed by atoms with Crippen LogP contribution in [0.4, 0.5) is 9.18 Å². The summed E-state index contributed by atoms with van der Waals surface area (Å²) in [7, 11) is 0. The van der Waals surface area contributed by atoms with Gasteiger partial charge in [-0.3, -0.25) is 0 Å². The second kappa shape index (κ2) is 9.06. The third-order valence-electron chi connectivity index (χ3n) is 6.33. The predicted molar refractivity (Wildman–Crippen MR) is 126 cm³/mol. The van der Waals surface area contributed by atoms with Gasteiger partial charge in [-0.1, -0.05) is 42.5 Å². The summed E-state index contributed by atoms with van der Waals surface area (Å²) in [5, 5.41) is 22.6. The van der Waals surface area contributed by atoms with Gasteiger partial charge in [0, 0.05) is 31.0 Å². The molecule has 1 aromatic heterocycles. The van der Waals surface area contributed by atoms with Gasteiger partial charge >= 0.3 is 6.09 Å². The zero-order valence-electron chi connectivity index (χ0n) is 19.6. The molecule has 0 saturated carbocycles. The van der Waals surface area contributed by atoms with Gasteiger partial charge in [0.2, 0.25) is 11.9 Å². The van der Waals surface area contributed by atoms with Crippen molar-refractivity contribution in [3.63, 3.8) is 0 Å². The van der Waals surface area contributed by atoms with Gasteiger partial charge in [-0.15, -0.1) is 0 Å². The molecule has 2 atom stereocenters. The van der Waals surface area contributed by atoms with E-state index in [-0.39, 0.29) is 6.04 Å². The number of hydrogen-bond acceptors (Lipinski definition) is 4. The normalized spacial score (nSPS) is 19.6. The summed E-state index contributed by atoms with van der Waals surface area (Å²) in [5.74, 6) is -0.594. The third kappa shape index (κ3) is 4.89. The number of pyridine rings is 1. The zero-order chi connectivity index (χ0) is 24.5. The van der Waals surface area contributed by atoms with E-state index >= 15 is 0 Å². The Labute approximate surface area is 198 Å². The van der Waals surface area contributed by atoms with E-state index in [0.717, 1.165) is 17.3 Å². The first-order valence-electron chi connectivity index (χ1n) is 11.3. The van der Waals surface area contributed by atoms with Crippen molar-refractivity contribution in [2.75, 3.05) is 6.54 Å². The number of carbonyl (C=O) groups excluding carboxylic acids is 1. The largest absolute Gasteiger partial charge is 0.618 e. The Balaban J connectivity index is 1.54. The summed E-state index contributed by atoms with van der Waals surface area (Å²) in [6.07, 6.45) is 1.29. The fourth-order valence-corrected chi connectivity index (χ4v) is 4.68. The van der Waals surface area contributed by atoms with Crippen LogP contribution in [0.5, 0.6) is 0 Å².